The predicted octanol–water partition coefficient (Wildman–Crippen LogP) is 4.46. The van der Waals surface area contributed by atoms with Crippen LogP contribution in [-0.2, 0) is 4.79 Å². The van der Waals surface area contributed by atoms with Crippen LogP contribution in [0, 0.1) is 12.7 Å². The van der Waals surface area contributed by atoms with Crippen molar-refractivity contribution in [2.75, 3.05) is 11.9 Å². The number of anilines is 1. The minimum atomic E-state index is -0.501. The van der Waals surface area contributed by atoms with Gasteiger partial charge in [0.05, 0.1) is 10.7 Å². The highest BCUT2D eigenvalue weighted by molar-refractivity contribution is 6.35. The average Bonchev–Trinajstić information content (AvgIpc) is 2.42. The number of rotatable bonds is 4. The number of carbonyl (C=O) groups excluding carboxylic acids is 1. The molecule has 2 rings (SSSR count). The third-order valence-corrected chi connectivity index (χ3v) is 3.18. The number of benzene rings is 2. The first-order valence-electron chi connectivity index (χ1n) is 6.09. The highest BCUT2D eigenvalue weighted by Crippen LogP contribution is 2.27. The van der Waals surface area contributed by atoms with Crippen LogP contribution in [0.2, 0.25) is 10.0 Å². The Morgan fingerprint density at radius 1 is 1.24 bits per heavy atom. The van der Waals surface area contributed by atoms with Gasteiger partial charge in [0.1, 0.15) is 11.6 Å². The van der Waals surface area contributed by atoms with Crippen molar-refractivity contribution in [3.63, 3.8) is 0 Å². The topological polar surface area (TPSA) is 38.3 Å². The van der Waals surface area contributed by atoms with Gasteiger partial charge in [-0.1, -0.05) is 29.3 Å². The Bertz CT molecular complexity index is 677. The maximum Gasteiger partial charge on any atom is 0.262 e. The minimum Gasteiger partial charge on any atom is -0.482 e. The monoisotopic (exact) mass is 327 g/mol. The lowest BCUT2D eigenvalue weighted by atomic mass is 10.2. The fourth-order valence-corrected chi connectivity index (χ4v) is 2.12. The molecule has 0 bridgehead atoms. The largest absolute Gasteiger partial charge is 0.482 e. The summed E-state index contributed by atoms with van der Waals surface area (Å²) in [5, 5.41) is 3.22. The fourth-order valence-electron chi connectivity index (χ4n) is 1.66. The van der Waals surface area contributed by atoms with E-state index < -0.39 is 11.7 Å². The average molecular weight is 328 g/mol. The summed E-state index contributed by atoms with van der Waals surface area (Å²) in [5.74, 6) is -0.648. The lowest BCUT2D eigenvalue weighted by Gasteiger charge is -2.10. The Morgan fingerprint density at radius 2 is 2.00 bits per heavy atom. The summed E-state index contributed by atoms with van der Waals surface area (Å²) < 4.78 is 18.8. The van der Waals surface area contributed by atoms with Crippen LogP contribution in [0.3, 0.4) is 0 Å². The van der Waals surface area contributed by atoms with E-state index in [0.29, 0.717) is 15.8 Å². The van der Waals surface area contributed by atoms with Crippen LogP contribution < -0.4 is 10.1 Å². The van der Waals surface area contributed by atoms with Crippen LogP contribution >= 0.6 is 23.2 Å². The van der Waals surface area contributed by atoms with E-state index in [2.05, 4.69) is 5.32 Å². The molecule has 0 fully saturated rings. The quantitative estimate of drug-likeness (QED) is 0.900. The van der Waals surface area contributed by atoms with Gasteiger partial charge in [0.15, 0.2) is 6.61 Å². The summed E-state index contributed by atoms with van der Waals surface area (Å²) in [6.07, 6.45) is 0. The summed E-state index contributed by atoms with van der Waals surface area (Å²) in [7, 11) is 0. The second-order valence-corrected chi connectivity index (χ2v) is 5.24. The SMILES string of the molecule is Cc1ccc(F)c(NC(=O)COc2ccc(Cl)cc2Cl)c1. The molecule has 0 radical (unpaired) electrons. The van der Waals surface area contributed by atoms with Crippen LogP contribution in [-0.4, -0.2) is 12.5 Å². The van der Waals surface area contributed by atoms with Gasteiger partial charge in [-0.3, -0.25) is 4.79 Å². The van der Waals surface area contributed by atoms with Crippen molar-refractivity contribution < 1.29 is 13.9 Å². The highest BCUT2D eigenvalue weighted by Gasteiger charge is 2.09. The van der Waals surface area contributed by atoms with Gasteiger partial charge in [-0.05, 0) is 42.8 Å². The molecule has 0 aliphatic heterocycles. The van der Waals surface area contributed by atoms with Crippen molar-refractivity contribution in [3.8, 4) is 5.75 Å². The molecule has 6 heteroatoms. The van der Waals surface area contributed by atoms with E-state index in [9.17, 15) is 9.18 Å². The molecule has 0 saturated heterocycles. The summed E-state index contributed by atoms with van der Waals surface area (Å²) >= 11 is 11.7. The predicted molar refractivity (Wildman–Crippen MR) is 81.7 cm³/mol. The summed E-state index contributed by atoms with van der Waals surface area (Å²) in [5.41, 5.74) is 0.958. The molecular weight excluding hydrogens is 316 g/mol. The molecular formula is C15H12Cl2FNO2. The van der Waals surface area contributed by atoms with Gasteiger partial charge >= 0.3 is 0 Å². The number of carbonyl (C=O) groups is 1. The van der Waals surface area contributed by atoms with E-state index >= 15 is 0 Å². The van der Waals surface area contributed by atoms with Crippen LogP contribution in [0.1, 0.15) is 5.56 Å². The number of nitrogens with one attached hydrogen (secondary N) is 1. The summed E-state index contributed by atoms with van der Waals surface area (Å²) in [6.45, 7) is 1.52. The first kappa shape index (κ1) is 15.6. The number of aryl methyl sites for hydroxylation is 1. The summed E-state index contributed by atoms with van der Waals surface area (Å²) in [6, 6.07) is 9.13. The number of amides is 1. The molecule has 0 heterocycles. The fraction of sp³-hybridized carbons (Fsp3) is 0.133. The van der Waals surface area contributed by atoms with Crippen LogP contribution in [0.4, 0.5) is 10.1 Å². The van der Waals surface area contributed by atoms with E-state index in [1.165, 1.54) is 12.1 Å². The second-order valence-electron chi connectivity index (χ2n) is 4.39. The summed E-state index contributed by atoms with van der Waals surface area (Å²) in [4.78, 5) is 11.8. The van der Waals surface area contributed by atoms with Gasteiger partial charge in [-0.2, -0.15) is 0 Å². The van der Waals surface area contributed by atoms with E-state index in [-0.39, 0.29) is 12.3 Å². The van der Waals surface area contributed by atoms with Gasteiger partial charge in [0, 0.05) is 5.02 Å². The van der Waals surface area contributed by atoms with Crippen molar-refractivity contribution in [2.45, 2.75) is 6.92 Å². The molecule has 0 aliphatic rings. The maximum absolute atomic E-state index is 13.5. The third kappa shape index (κ3) is 4.34. The first-order chi connectivity index (χ1) is 9.95. The molecule has 2 aromatic rings. The second kappa shape index (κ2) is 6.78. The van der Waals surface area contributed by atoms with Crippen LogP contribution in [0.15, 0.2) is 36.4 Å². The molecule has 1 N–H and O–H groups in total. The first-order valence-corrected chi connectivity index (χ1v) is 6.85. The molecule has 0 saturated carbocycles. The molecule has 3 nitrogen and oxygen atoms in total. The smallest absolute Gasteiger partial charge is 0.262 e. The normalized spacial score (nSPS) is 10.3. The lowest BCUT2D eigenvalue weighted by Crippen LogP contribution is -2.21. The molecule has 0 spiro atoms. The number of hydrogen-bond acceptors (Lipinski definition) is 2. The van der Waals surface area contributed by atoms with E-state index in [1.54, 1.807) is 31.2 Å². The zero-order chi connectivity index (χ0) is 15.4. The lowest BCUT2D eigenvalue weighted by molar-refractivity contribution is -0.118. The van der Waals surface area contributed by atoms with Gasteiger partial charge in [-0.25, -0.2) is 4.39 Å². The van der Waals surface area contributed by atoms with Crippen molar-refractivity contribution in [2.24, 2.45) is 0 Å². The van der Waals surface area contributed by atoms with Crippen molar-refractivity contribution in [1.82, 2.24) is 0 Å². The molecule has 110 valence electrons. The molecule has 1 amide bonds. The minimum absolute atomic E-state index is 0.116. The van der Waals surface area contributed by atoms with Crippen LogP contribution in [0.25, 0.3) is 0 Å². The maximum atomic E-state index is 13.5. The molecule has 0 aliphatic carbocycles. The van der Waals surface area contributed by atoms with Gasteiger partial charge < -0.3 is 10.1 Å². The zero-order valence-corrected chi connectivity index (χ0v) is 12.6. The highest BCUT2D eigenvalue weighted by atomic mass is 35.5. The molecule has 0 aromatic heterocycles. The number of ether oxygens (including phenoxy) is 1. The Labute approximate surface area is 131 Å². The van der Waals surface area contributed by atoms with Crippen molar-refractivity contribution in [1.29, 1.82) is 0 Å². The molecule has 2 aromatic carbocycles. The Balaban J connectivity index is 1.97. The molecule has 0 atom stereocenters. The van der Waals surface area contributed by atoms with Gasteiger partial charge in [-0.15, -0.1) is 0 Å². The van der Waals surface area contributed by atoms with Crippen LogP contribution in [0.5, 0.6) is 5.75 Å². The molecule has 0 unspecified atom stereocenters. The standard InChI is InChI=1S/C15H12Cl2FNO2/c1-9-2-4-12(18)13(6-9)19-15(20)8-21-14-5-3-10(16)7-11(14)17/h2-7H,8H2,1H3,(H,19,20). The van der Waals surface area contributed by atoms with E-state index in [4.69, 9.17) is 27.9 Å². The van der Waals surface area contributed by atoms with Crippen molar-refractivity contribution in [3.05, 3.63) is 57.8 Å². The third-order valence-electron chi connectivity index (χ3n) is 2.65. The van der Waals surface area contributed by atoms with Gasteiger partial charge in [0.2, 0.25) is 0 Å². The van der Waals surface area contributed by atoms with Crippen molar-refractivity contribution >= 4 is 34.8 Å². The Morgan fingerprint density at radius 3 is 2.71 bits per heavy atom. The Hall–Kier alpha value is -1.78. The number of hydrogen-bond donors (Lipinski definition) is 1. The van der Waals surface area contributed by atoms with E-state index in [1.807, 2.05) is 0 Å². The van der Waals surface area contributed by atoms with Gasteiger partial charge in [0.25, 0.3) is 5.91 Å². The zero-order valence-electron chi connectivity index (χ0n) is 11.1. The van der Waals surface area contributed by atoms with E-state index in [0.717, 1.165) is 5.56 Å². The molecule has 21 heavy (non-hydrogen) atoms. The Kier molecular flexibility index (Phi) is 5.04. The number of halogens is 3.